The Kier molecular flexibility index (Phi) is 3.79. The molecule has 1 N–H and O–H groups in total. The Bertz CT molecular complexity index is 775. The second-order valence-electron chi connectivity index (χ2n) is 4.20. The second-order valence-corrected chi connectivity index (χ2v) is 4.20. The summed E-state index contributed by atoms with van der Waals surface area (Å²) in [5, 5.41) is 10.2. The molecule has 23 heavy (non-hydrogen) atoms. The van der Waals surface area contributed by atoms with Crippen molar-refractivity contribution in [2.75, 3.05) is 5.32 Å². The third kappa shape index (κ3) is 3.73. The molecule has 0 amide bonds. The molecule has 3 rings (SSSR count). The number of hydrogen-bond donors (Lipinski definition) is 1. The molecule has 0 aliphatic rings. The molecule has 3 aromatic rings. The molecule has 0 saturated carbocycles. The number of rotatable bonds is 4. The number of aromatic nitrogens is 4. The minimum Gasteiger partial charge on any atom is -0.422 e. The van der Waals surface area contributed by atoms with Gasteiger partial charge in [-0.25, -0.2) is 9.97 Å². The van der Waals surface area contributed by atoms with Gasteiger partial charge in [0.15, 0.2) is 5.69 Å². The van der Waals surface area contributed by atoms with E-state index in [1.807, 2.05) is 0 Å². The van der Waals surface area contributed by atoms with Crippen molar-refractivity contribution in [3.63, 3.8) is 0 Å². The van der Waals surface area contributed by atoms with Crippen molar-refractivity contribution in [2.24, 2.45) is 0 Å². The summed E-state index contributed by atoms with van der Waals surface area (Å²) in [6, 6.07) is 5.84. The van der Waals surface area contributed by atoms with Crippen molar-refractivity contribution in [2.45, 2.75) is 6.36 Å². The lowest BCUT2D eigenvalue weighted by Gasteiger charge is -2.10. The number of halogens is 3. The van der Waals surface area contributed by atoms with Crippen molar-refractivity contribution in [3.05, 3.63) is 43.1 Å². The maximum Gasteiger partial charge on any atom is 0.573 e. The van der Waals surface area contributed by atoms with Crippen LogP contribution in [0.3, 0.4) is 0 Å². The van der Waals surface area contributed by atoms with Crippen molar-refractivity contribution in [3.8, 4) is 17.3 Å². The summed E-state index contributed by atoms with van der Waals surface area (Å²) in [6.07, 6.45) is -1.10. The number of nitrogens with zero attached hydrogens (tertiary/aromatic N) is 4. The van der Waals surface area contributed by atoms with Gasteiger partial charge < -0.3 is 14.5 Å². The van der Waals surface area contributed by atoms with Crippen molar-refractivity contribution in [1.82, 2.24) is 20.2 Å². The van der Waals surface area contributed by atoms with Crippen LogP contribution in [0.25, 0.3) is 11.6 Å². The fourth-order valence-electron chi connectivity index (χ4n) is 1.74. The van der Waals surface area contributed by atoms with Gasteiger partial charge >= 0.3 is 6.36 Å². The van der Waals surface area contributed by atoms with Gasteiger partial charge in [-0.1, -0.05) is 0 Å². The number of anilines is 2. The topological polar surface area (TPSA) is 86.0 Å². The number of ether oxygens (including phenoxy) is 1. The van der Waals surface area contributed by atoms with E-state index in [9.17, 15) is 13.2 Å². The van der Waals surface area contributed by atoms with Gasteiger partial charge in [-0.15, -0.1) is 23.4 Å². The van der Waals surface area contributed by atoms with E-state index in [4.69, 9.17) is 4.42 Å². The zero-order valence-electron chi connectivity index (χ0n) is 11.3. The summed E-state index contributed by atoms with van der Waals surface area (Å²) in [7, 11) is 0. The van der Waals surface area contributed by atoms with Crippen LogP contribution < -0.4 is 10.1 Å². The first-order valence-electron chi connectivity index (χ1n) is 6.22. The fourth-order valence-corrected chi connectivity index (χ4v) is 1.74. The van der Waals surface area contributed by atoms with Crippen LogP contribution >= 0.6 is 0 Å². The minimum absolute atomic E-state index is 0.199. The van der Waals surface area contributed by atoms with Gasteiger partial charge in [0, 0.05) is 6.20 Å². The fraction of sp³-hybridized carbons (Fsp3) is 0.0769. The van der Waals surface area contributed by atoms with Crippen LogP contribution in [-0.2, 0) is 0 Å². The van der Waals surface area contributed by atoms with Crippen LogP contribution in [-0.4, -0.2) is 26.5 Å². The smallest absolute Gasteiger partial charge is 0.422 e. The SMILES string of the molecule is FC(F)(F)Oc1ccc(Nc2cccnc2-c2nnco2)nc1. The third-order valence-electron chi connectivity index (χ3n) is 2.60. The van der Waals surface area contributed by atoms with Crippen LogP contribution in [0.1, 0.15) is 0 Å². The molecule has 3 aromatic heterocycles. The average molecular weight is 323 g/mol. The highest BCUT2D eigenvalue weighted by atomic mass is 19.4. The predicted octanol–water partition coefficient (Wildman–Crippen LogP) is 3.17. The van der Waals surface area contributed by atoms with Gasteiger partial charge in [0.05, 0.1) is 11.9 Å². The van der Waals surface area contributed by atoms with Gasteiger partial charge in [0.1, 0.15) is 11.6 Å². The second kappa shape index (κ2) is 5.91. The van der Waals surface area contributed by atoms with Crippen LogP contribution in [0.5, 0.6) is 5.75 Å². The monoisotopic (exact) mass is 323 g/mol. The zero-order chi connectivity index (χ0) is 16.3. The van der Waals surface area contributed by atoms with Crippen molar-refractivity contribution >= 4 is 11.5 Å². The summed E-state index contributed by atoms with van der Waals surface area (Å²) < 4.78 is 45.1. The molecular weight excluding hydrogens is 315 g/mol. The van der Waals surface area contributed by atoms with E-state index in [-0.39, 0.29) is 5.89 Å². The van der Waals surface area contributed by atoms with Crippen molar-refractivity contribution < 1.29 is 22.3 Å². The Hall–Kier alpha value is -3.17. The Labute approximate surface area is 127 Å². The summed E-state index contributed by atoms with van der Waals surface area (Å²) in [5.41, 5.74) is 0.899. The summed E-state index contributed by atoms with van der Waals surface area (Å²) in [6.45, 7) is 0. The van der Waals surface area contributed by atoms with Crippen molar-refractivity contribution in [1.29, 1.82) is 0 Å². The molecule has 0 atom stereocenters. The van der Waals surface area contributed by atoms with Gasteiger partial charge in [0.2, 0.25) is 6.39 Å². The standard InChI is InChI=1S/C13H8F3N5O2/c14-13(15,16)23-8-3-4-10(18-6-8)20-9-2-1-5-17-11(9)12-21-19-7-22-12/h1-7H,(H,18,20). The molecule has 10 heteroatoms. The molecule has 0 saturated heterocycles. The lowest BCUT2D eigenvalue weighted by Crippen LogP contribution is -2.17. The Morgan fingerprint density at radius 2 is 2.00 bits per heavy atom. The lowest BCUT2D eigenvalue weighted by atomic mass is 10.3. The number of alkyl halides is 3. The van der Waals surface area contributed by atoms with Gasteiger partial charge in [0.25, 0.3) is 5.89 Å². The molecule has 0 aliphatic carbocycles. The predicted molar refractivity (Wildman–Crippen MR) is 71.7 cm³/mol. The Morgan fingerprint density at radius 3 is 2.65 bits per heavy atom. The number of hydrogen-bond acceptors (Lipinski definition) is 7. The highest BCUT2D eigenvalue weighted by molar-refractivity contribution is 5.72. The Balaban J connectivity index is 1.80. The highest BCUT2D eigenvalue weighted by Gasteiger charge is 2.31. The molecule has 0 spiro atoms. The van der Waals surface area contributed by atoms with E-state index in [0.29, 0.717) is 17.2 Å². The average Bonchev–Trinajstić information content (AvgIpc) is 3.02. The van der Waals surface area contributed by atoms with E-state index in [1.54, 1.807) is 18.3 Å². The maximum atomic E-state index is 12.1. The minimum atomic E-state index is -4.76. The van der Waals surface area contributed by atoms with E-state index < -0.39 is 12.1 Å². The molecule has 0 unspecified atom stereocenters. The Morgan fingerprint density at radius 1 is 1.13 bits per heavy atom. The normalized spacial score (nSPS) is 11.3. The molecule has 7 nitrogen and oxygen atoms in total. The van der Waals surface area contributed by atoms with Crippen LogP contribution in [0.2, 0.25) is 0 Å². The van der Waals surface area contributed by atoms with E-state index >= 15 is 0 Å². The van der Waals surface area contributed by atoms with Crippen LogP contribution in [0.4, 0.5) is 24.7 Å². The third-order valence-corrected chi connectivity index (χ3v) is 2.60. The summed E-state index contributed by atoms with van der Waals surface area (Å²) >= 11 is 0. The lowest BCUT2D eigenvalue weighted by molar-refractivity contribution is -0.274. The maximum absolute atomic E-state index is 12.1. The summed E-state index contributed by atoms with van der Waals surface area (Å²) in [4.78, 5) is 7.97. The highest BCUT2D eigenvalue weighted by Crippen LogP contribution is 2.27. The summed E-state index contributed by atoms with van der Waals surface area (Å²) in [5.74, 6) is 0.0878. The molecule has 0 aromatic carbocycles. The molecule has 0 fully saturated rings. The molecule has 0 aliphatic heterocycles. The molecule has 0 bridgehead atoms. The first kappa shape index (κ1) is 14.8. The molecule has 118 valence electrons. The number of nitrogens with one attached hydrogen (secondary N) is 1. The van der Waals surface area contributed by atoms with E-state index in [2.05, 4.69) is 30.2 Å². The van der Waals surface area contributed by atoms with Gasteiger partial charge in [-0.2, -0.15) is 0 Å². The quantitative estimate of drug-likeness (QED) is 0.789. The molecular formula is C13H8F3N5O2. The van der Waals surface area contributed by atoms with Crippen LogP contribution in [0, 0.1) is 0 Å². The molecule has 3 heterocycles. The van der Waals surface area contributed by atoms with E-state index in [1.165, 1.54) is 6.07 Å². The van der Waals surface area contributed by atoms with Crippen LogP contribution in [0.15, 0.2) is 47.5 Å². The zero-order valence-corrected chi connectivity index (χ0v) is 11.3. The van der Waals surface area contributed by atoms with Gasteiger partial charge in [-0.05, 0) is 24.3 Å². The molecule has 0 radical (unpaired) electrons. The first-order chi connectivity index (χ1) is 11.0. The largest absolute Gasteiger partial charge is 0.573 e. The first-order valence-corrected chi connectivity index (χ1v) is 6.22. The van der Waals surface area contributed by atoms with Gasteiger partial charge in [-0.3, -0.25) is 0 Å². The number of pyridine rings is 2. The van der Waals surface area contributed by atoms with E-state index in [0.717, 1.165) is 18.7 Å².